The number of nitrogens with zero attached hydrogens (tertiary/aromatic N) is 1. The lowest BCUT2D eigenvalue weighted by molar-refractivity contribution is 0.796. The number of anilines is 1. The van der Waals surface area contributed by atoms with E-state index in [0.717, 1.165) is 19.5 Å². The van der Waals surface area contributed by atoms with Gasteiger partial charge in [0.15, 0.2) is 0 Å². The first-order chi connectivity index (χ1) is 6.72. The van der Waals surface area contributed by atoms with Crippen molar-refractivity contribution >= 4 is 28.9 Å². The van der Waals surface area contributed by atoms with E-state index in [1.165, 1.54) is 17.7 Å². The highest BCUT2D eigenvalue weighted by molar-refractivity contribution is 6.42. The maximum Gasteiger partial charge on any atom is 0.0613 e. The molecule has 1 nitrogen and oxygen atoms in total. The van der Waals surface area contributed by atoms with Crippen molar-refractivity contribution in [3.63, 3.8) is 0 Å². The van der Waals surface area contributed by atoms with Gasteiger partial charge in [-0.15, -0.1) is 0 Å². The molecule has 1 aliphatic rings. The van der Waals surface area contributed by atoms with Crippen LogP contribution in [-0.4, -0.2) is 13.1 Å². The number of fused-ring (bicyclic) bond motifs is 1. The smallest absolute Gasteiger partial charge is 0.0613 e. The fraction of sp³-hybridized carbons (Fsp3) is 0.455. The molecule has 1 aromatic rings. The summed E-state index contributed by atoms with van der Waals surface area (Å²) in [6, 6.07) is 3.98. The van der Waals surface area contributed by atoms with Gasteiger partial charge in [0.25, 0.3) is 0 Å². The Balaban J connectivity index is 2.35. The summed E-state index contributed by atoms with van der Waals surface area (Å²) in [6.45, 7) is 4.39. The van der Waals surface area contributed by atoms with Crippen molar-refractivity contribution in [2.24, 2.45) is 0 Å². The predicted octanol–water partition coefficient (Wildman–Crippen LogP) is 3.77. The first-order valence-electron chi connectivity index (χ1n) is 4.95. The van der Waals surface area contributed by atoms with Crippen LogP contribution in [0.5, 0.6) is 0 Å². The SMILES string of the molecule is CCCN1CCc2cc(Cl)c(Cl)cc21. The van der Waals surface area contributed by atoms with Crippen LogP contribution < -0.4 is 4.90 Å². The molecule has 0 fully saturated rings. The Bertz CT molecular complexity index is 349. The quantitative estimate of drug-likeness (QED) is 0.747. The van der Waals surface area contributed by atoms with Crippen LogP contribution in [0.15, 0.2) is 12.1 Å². The van der Waals surface area contributed by atoms with Crippen molar-refractivity contribution in [1.29, 1.82) is 0 Å². The molecule has 0 unspecified atom stereocenters. The van der Waals surface area contributed by atoms with Gasteiger partial charge in [-0.3, -0.25) is 0 Å². The summed E-state index contributed by atoms with van der Waals surface area (Å²) >= 11 is 12.0. The zero-order chi connectivity index (χ0) is 10.1. The molecule has 0 saturated carbocycles. The van der Waals surface area contributed by atoms with Crippen LogP contribution >= 0.6 is 23.2 Å². The molecule has 1 heterocycles. The fourth-order valence-electron chi connectivity index (χ4n) is 1.95. The first-order valence-corrected chi connectivity index (χ1v) is 5.71. The minimum Gasteiger partial charge on any atom is -0.371 e. The molecule has 0 amide bonds. The van der Waals surface area contributed by atoms with Crippen molar-refractivity contribution in [2.75, 3.05) is 18.0 Å². The van der Waals surface area contributed by atoms with E-state index in [1.54, 1.807) is 0 Å². The minimum absolute atomic E-state index is 0.661. The van der Waals surface area contributed by atoms with E-state index >= 15 is 0 Å². The molecule has 1 aliphatic heterocycles. The van der Waals surface area contributed by atoms with Gasteiger partial charge in [0.05, 0.1) is 10.0 Å². The predicted molar refractivity (Wildman–Crippen MR) is 62.7 cm³/mol. The Hall–Kier alpha value is -0.400. The molecule has 0 saturated heterocycles. The molecule has 0 aromatic heterocycles. The van der Waals surface area contributed by atoms with E-state index in [-0.39, 0.29) is 0 Å². The molecule has 0 radical (unpaired) electrons. The summed E-state index contributed by atoms with van der Waals surface area (Å²) in [4.78, 5) is 2.37. The highest BCUT2D eigenvalue weighted by atomic mass is 35.5. The zero-order valence-corrected chi connectivity index (χ0v) is 9.70. The average Bonchev–Trinajstić information content (AvgIpc) is 2.51. The molecule has 0 N–H and O–H groups in total. The standard InChI is InChI=1S/C11H13Cl2N/c1-2-4-14-5-3-8-6-9(12)10(13)7-11(8)14/h6-7H,2-5H2,1H3. The van der Waals surface area contributed by atoms with E-state index in [2.05, 4.69) is 11.8 Å². The van der Waals surface area contributed by atoms with Gasteiger partial charge in [-0.05, 0) is 30.5 Å². The summed E-state index contributed by atoms with van der Waals surface area (Å²) in [5.41, 5.74) is 2.59. The molecule has 3 heteroatoms. The first kappa shape index (κ1) is 10.1. The van der Waals surface area contributed by atoms with Gasteiger partial charge >= 0.3 is 0 Å². The van der Waals surface area contributed by atoms with Gasteiger partial charge in [-0.2, -0.15) is 0 Å². The highest BCUT2D eigenvalue weighted by Crippen LogP contribution is 2.35. The molecule has 2 rings (SSSR count). The lowest BCUT2D eigenvalue weighted by Crippen LogP contribution is -2.20. The van der Waals surface area contributed by atoms with Crippen LogP contribution in [0, 0.1) is 0 Å². The van der Waals surface area contributed by atoms with Gasteiger partial charge in [-0.1, -0.05) is 30.1 Å². The molecule has 0 spiro atoms. The van der Waals surface area contributed by atoms with Crippen LogP contribution in [0.1, 0.15) is 18.9 Å². The van der Waals surface area contributed by atoms with E-state index in [4.69, 9.17) is 23.2 Å². The Morgan fingerprint density at radius 2 is 2.00 bits per heavy atom. The summed E-state index contributed by atoms with van der Waals surface area (Å²) in [7, 11) is 0. The number of hydrogen-bond acceptors (Lipinski definition) is 1. The molecule has 0 atom stereocenters. The number of benzene rings is 1. The van der Waals surface area contributed by atoms with E-state index < -0.39 is 0 Å². The third kappa shape index (κ3) is 1.71. The Morgan fingerprint density at radius 1 is 1.29 bits per heavy atom. The topological polar surface area (TPSA) is 3.24 Å². The Kier molecular flexibility index (Phi) is 2.89. The maximum atomic E-state index is 6.00. The molecular formula is C11H13Cl2N. The molecule has 0 bridgehead atoms. The summed E-state index contributed by atoms with van der Waals surface area (Å²) in [5, 5.41) is 1.33. The third-order valence-corrected chi connectivity index (χ3v) is 3.33. The second-order valence-electron chi connectivity index (χ2n) is 3.63. The maximum absolute atomic E-state index is 6.00. The van der Waals surface area contributed by atoms with Gasteiger partial charge in [-0.25, -0.2) is 0 Å². The molecule has 76 valence electrons. The molecule has 1 aromatic carbocycles. The fourth-order valence-corrected chi connectivity index (χ4v) is 2.29. The van der Waals surface area contributed by atoms with E-state index in [1.807, 2.05) is 12.1 Å². The van der Waals surface area contributed by atoms with Gasteiger partial charge in [0.1, 0.15) is 0 Å². The Morgan fingerprint density at radius 3 is 2.71 bits per heavy atom. The zero-order valence-electron chi connectivity index (χ0n) is 8.19. The van der Waals surface area contributed by atoms with E-state index in [0.29, 0.717) is 10.0 Å². The largest absolute Gasteiger partial charge is 0.371 e. The second-order valence-corrected chi connectivity index (χ2v) is 4.45. The van der Waals surface area contributed by atoms with Crippen molar-refractivity contribution in [3.8, 4) is 0 Å². The number of rotatable bonds is 2. The third-order valence-electron chi connectivity index (χ3n) is 2.61. The van der Waals surface area contributed by atoms with Gasteiger partial charge < -0.3 is 4.90 Å². The summed E-state index contributed by atoms with van der Waals surface area (Å²) in [6.07, 6.45) is 2.26. The monoisotopic (exact) mass is 229 g/mol. The normalized spacial score (nSPS) is 14.6. The van der Waals surface area contributed by atoms with Crippen LogP contribution in [0.2, 0.25) is 10.0 Å². The average molecular weight is 230 g/mol. The number of hydrogen-bond donors (Lipinski definition) is 0. The lowest BCUT2D eigenvalue weighted by Gasteiger charge is -2.18. The lowest BCUT2D eigenvalue weighted by atomic mass is 10.2. The van der Waals surface area contributed by atoms with Crippen molar-refractivity contribution in [2.45, 2.75) is 19.8 Å². The van der Waals surface area contributed by atoms with Crippen LogP contribution in [0.4, 0.5) is 5.69 Å². The molecule has 0 aliphatic carbocycles. The van der Waals surface area contributed by atoms with E-state index in [9.17, 15) is 0 Å². The minimum atomic E-state index is 0.661. The summed E-state index contributed by atoms with van der Waals surface area (Å²) in [5.74, 6) is 0. The highest BCUT2D eigenvalue weighted by Gasteiger charge is 2.19. The van der Waals surface area contributed by atoms with Gasteiger partial charge in [0.2, 0.25) is 0 Å². The molecule has 14 heavy (non-hydrogen) atoms. The number of halogens is 2. The van der Waals surface area contributed by atoms with Crippen LogP contribution in [-0.2, 0) is 6.42 Å². The van der Waals surface area contributed by atoms with Crippen LogP contribution in [0.3, 0.4) is 0 Å². The summed E-state index contributed by atoms with van der Waals surface area (Å²) < 4.78 is 0. The van der Waals surface area contributed by atoms with Gasteiger partial charge in [0, 0.05) is 18.8 Å². The van der Waals surface area contributed by atoms with Crippen molar-refractivity contribution < 1.29 is 0 Å². The van der Waals surface area contributed by atoms with Crippen LogP contribution in [0.25, 0.3) is 0 Å². The van der Waals surface area contributed by atoms with Crippen molar-refractivity contribution in [3.05, 3.63) is 27.7 Å². The second kappa shape index (κ2) is 4.00. The Labute approximate surface area is 94.6 Å². The van der Waals surface area contributed by atoms with Crippen molar-refractivity contribution in [1.82, 2.24) is 0 Å². The molecular weight excluding hydrogens is 217 g/mol.